The van der Waals surface area contributed by atoms with E-state index in [2.05, 4.69) is 30.4 Å². The van der Waals surface area contributed by atoms with Crippen molar-refractivity contribution in [3.63, 3.8) is 0 Å². The Bertz CT molecular complexity index is 556. The molecule has 1 aromatic rings. The van der Waals surface area contributed by atoms with E-state index in [4.69, 9.17) is 5.11 Å². The number of carboxylic acids is 1. The standard InChI is InChI=1S/C16H22N2O3/c1-10-4-5-13(11(2)8-10)12(3)18-7-6-17-16(21)14(18)9-15(19)20/h4-5,8,12,14H,6-7,9H2,1-3H3,(H,17,21)(H,19,20). The maximum Gasteiger partial charge on any atom is 0.305 e. The summed E-state index contributed by atoms with van der Waals surface area (Å²) in [5, 5.41) is 11.8. The van der Waals surface area contributed by atoms with E-state index in [0.717, 1.165) is 5.56 Å². The molecule has 0 aromatic heterocycles. The van der Waals surface area contributed by atoms with Crippen molar-refractivity contribution in [2.45, 2.75) is 39.3 Å². The van der Waals surface area contributed by atoms with Crippen LogP contribution in [0.2, 0.25) is 0 Å². The number of nitrogens with zero attached hydrogens (tertiary/aromatic N) is 1. The molecule has 0 saturated carbocycles. The van der Waals surface area contributed by atoms with Gasteiger partial charge < -0.3 is 10.4 Å². The molecule has 2 atom stereocenters. The van der Waals surface area contributed by atoms with Crippen molar-refractivity contribution in [2.24, 2.45) is 0 Å². The van der Waals surface area contributed by atoms with E-state index in [-0.39, 0.29) is 18.4 Å². The Hall–Kier alpha value is -1.88. The van der Waals surface area contributed by atoms with Crippen LogP contribution in [0.1, 0.15) is 36.1 Å². The minimum atomic E-state index is -0.949. The summed E-state index contributed by atoms with van der Waals surface area (Å²) in [7, 11) is 0. The Kier molecular flexibility index (Phi) is 4.63. The Labute approximate surface area is 125 Å². The number of hydrogen-bond donors (Lipinski definition) is 2. The number of rotatable bonds is 4. The van der Waals surface area contributed by atoms with E-state index in [1.54, 1.807) is 0 Å². The fourth-order valence-corrected chi connectivity index (χ4v) is 3.04. The molecule has 2 rings (SSSR count). The molecular formula is C16H22N2O3. The van der Waals surface area contributed by atoms with Gasteiger partial charge in [0.05, 0.1) is 6.42 Å². The molecule has 0 bridgehead atoms. The fourth-order valence-electron chi connectivity index (χ4n) is 3.04. The van der Waals surface area contributed by atoms with Gasteiger partial charge in [0.1, 0.15) is 6.04 Å². The summed E-state index contributed by atoms with van der Waals surface area (Å²) in [5.41, 5.74) is 3.51. The van der Waals surface area contributed by atoms with Gasteiger partial charge >= 0.3 is 5.97 Å². The molecule has 1 fully saturated rings. The molecule has 2 unspecified atom stereocenters. The van der Waals surface area contributed by atoms with Crippen molar-refractivity contribution >= 4 is 11.9 Å². The lowest BCUT2D eigenvalue weighted by Gasteiger charge is -2.39. The SMILES string of the molecule is Cc1ccc(C(C)N2CCNC(=O)C2CC(=O)O)c(C)c1. The average molecular weight is 290 g/mol. The van der Waals surface area contributed by atoms with Crippen LogP contribution in [0.15, 0.2) is 18.2 Å². The molecule has 1 saturated heterocycles. The number of hydrogen-bond acceptors (Lipinski definition) is 3. The molecule has 1 aromatic carbocycles. The highest BCUT2D eigenvalue weighted by atomic mass is 16.4. The number of amides is 1. The number of carbonyl (C=O) groups excluding carboxylic acids is 1. The van der Waals surface area contributed by atoms with Crippen LogP contribution in [0.5, 0.6) is 0 Å². The third-order valence-corrected chi connectivity index (χ3v) is 4.11. The van der Waals surface area contributed by atoms with Crippen LogP contribution >= 0.6 is 0 Å². The molecule has 2 N–H and O–H groups in total. The highest BCUT2D eigenvalue weighted by molar-refractivity contribution is 5.86. The van der Waals surface area contributed by atoms with Crippen LogP contribution in [0.4, 0.5) is 0 Å². The first kappa shape index (κ1) is 15.5. The number of piperazine rings is 1. The Morgan fingerprint density at radius 1 is 1.48 bits per heavy atom. The van der Waals surface area contributed by atoms with Gasteiger partial charge in [0.2, 0.25) is 5.91 Å². The molecule has 1 aliphatic rings. The molecule has 21 heavy (non-hydrogen) atoms. The van der Waals surface area contributed by atoms with Crippen molar-refractivity contribution in [1.82, 2.24) is 10.2 Å². The fraction of sp³-hybridized carbons (Fsp3) is 0.500. The molecular weight excluding hydrogens is 268 g/mol. The number of benzene rings is 1. The van der Waals surface area contributed by atoms with Gasteiger partial charge in [0.15, 0.2) is 0 Å². The van der Waals surface area contributed by atoms with E-state index >= 15 is 0 Å². The van der Waals surface area contributed by atoms with Gasteiger partial charge in [-0.1, -0.05) is 23.8 Å². The second-order valence-corrected chi connectivity index (χ2v) is 5.68. The van der Waals surface area contributed by atoms with Crippen LogP contribution in [-0.4, -0.2) is 41.0 Å². The monoisotopic (exact) mass is 290 g/mol. The smallest absolute Gasteiger partial charge is 0.305 e. The van der Waals surface area contributed by atoms with E-state index in [1.807, 2.05) is 18.7 Å². The lowest BCUT2D eigenvalue weighted by atomic mass is 9.96. The molecule has 0 aliphatic carbocycles. The van der Waals surface area contributed by atoms with Crippen LogP contribution in [-0.2, 0) is 9.59 Å². The summed E-state index contributed by atoms with van der Waals surface area (Å²) in [6.45, 7) is 7.35. The van der Waals surface area contributed by atoms with Crippen LogP contribution in [0.25, 0.3) is 0 Å². The summed E-state index contributed by atoms with van der Waals surface area (Å²) >= 11 is 0. The van der Waals surface area contributed by atoms with E-state index < -0.39 is 12.0 Å². The van der Waals surface area contributed by atoms with Crippen LogP contribution < -0.4 is 5.32 Å². The van der Waals surface area contributed by atoms with Gasteiger partial charge in [-0.25, -0.2) is 0 Å². The van der Waals surface area contributed by atoms with Crippen molar-refractivity contribution in [3.8, 4) is 0 Å². The summed E-state index contributed by atoms with van der Waals surface area (Å²) in [4.78, 5) is 25.0. The third kappa shape index (κ3) is 3.42. The van der Waals surface area contributed by atoms with Gasteiger partial charge in [-0.2, -0.15) is 0 Å². The summed E-state index contributed by atoms with van der Waals surface area (Å²) < 4.78 is 0. The van der Waals surface area contributed by atoms with Gasteiger partial charge in [0.25, 0.3) is 0 Å². The molecule has 0 radical (unpaired) electrons. The Morgan fingerprint density at radius 2 is 2.19 bits per heavy atom. The predicted molar refractivity (Wildman–Crippen MR) is 80.1 cm³/mol. The predicted octanol–water partition coefficient (Wildman–Crippen LogP) is 1.64. The molecule has 1 heterocycles. The van der Waals surface area contributed by atoms with Crippen molar-refractivity contribution in [2.75, 3.05) is 13.1 Å². The highest BCUT2D eigenvalue weighted by Crippen LogP contribution is 2.27. The zero-order chi connectivity index (χ0) is 15.6. The van der Waals surface area contributed by atoms with Crippen molar-refractivity contribution in [1.29, 1.82) is 0 Å². The van der Waals surface area contributed by atoms with Gasteiger partial charge in [-0.15, -0.1) is 0 Å². The third-order valence-electron chi connectivity index (χ3n) is 4.11. The summed E-state index contributed by atoms with van der Waals surface area (Å²) in [6, 6.07) is 5.64. The first-order chi connectivity index (χ1) is 9.90. The lowest BCUT2D eigenvalue weighted by Crippen LogP contribution is -2.56. The number of nitrogens with one attached hydrogen (secondary N) is 1. The molecule has 5 nitrogen and oxygen atoms in total. The summed E-state index contributed by atoms with van der Waals surface area (Å²) in [5.74, 6) is -1.14. The van der Waals surface area contributed by atoms with E-state index in [9.17, 15) is 9.59 Å². The topological polar surface area (TPSA) is 69.6 Å². The molecule has 0 spiro atoms. The number of carboxylic acid groups (broad SMARTS) is 1. The van der Waals surface area contributed by atoms with Crippen molar-refractivity contribution in [3.05, 3.63) is 34.9 Å². The number of aliphatic carboxylic acids is 1. The first-order valence-corrected chi connectivity index (χ1v) is 7.22. The van der Waals surface area contributed by atoms with Gasteiger partial charge in [0, 0.05) is 19.1 Å². The number of aryl methyl sites for hydroxylation is 2. The lowest BCUT2D eigenvalue weighted by molar-refractivity contribution is -0.143. The number of carbonyl (C=O) groups is 2. The van der Waals surface area contributed by atoms with E-state index in [1.165, 1.54) is 11.1 Å². The molecule has 114 valence electrons. The van der Waals surface area contributed by atoms with Crippen molar-refractivity contribution < 1.29 is 14.7 Å². The zero-order valence-corrected chi connectivity index (χ0v) is 12.7. The van der Waals surface area contributed by atoms with Gasteiger partial charge in [-0.3, -0.25) is 14.5 Å². The first-order valence-electron chi connectivity index (χ1n) is 7.22. The largest absolute Gasteiger partial charge is 0.481 e. The average Bonchev–Trinajstić information content (AvgIpc) is 2.40. The minimum Gasteiger partial charge on any atom is -0.481 e. The molecule has 5 heteroatoms. The Balaban J connectivity index is 2.27. The minimum absolute atomic E-state index is 0.0148. The van der Waals surface area contributed by atoms with Crippen LogP contribution in [0.3, 0.4) is 0 Å². The highest BCUT2D eigenvalue weighted by Gasteiger charge is 2.35. The Morgan fingerprint density at radius 3 is 2.81 bits per heavy atom. The van der Waals surface area contributed by atoms with E-state index in [0.29, 0.717) is 13.1 Å². The van der Waals surface area contributed by atoms with Crippen LogP contribution in [0, 0.1) is 13.8 Å². The normalized spacial score (nSPS) is 20.9. The maximum absolute atomic E-state index is 12.0. The zero-order valence-electron chi connectivity index (χ0n) is 12.7. The second kappa shape index (κ2) is 6.26. The molecule has 1 amide bonds. The second-order valence-electron chi connectivity index (χ2n) is 5.68. The molecule has 1 aliphatic heterocycles. The quantitative estimate of drug-likeness (QED) is 0.884. The van der Waals surface area contributed by atoms with Gasteiger partial charge in [-0.05, 0) is 31.9 Å². The maximum atomic E-state index is 12.0. The summed E-state index contributed by atoms with van der Waals surface area (Å²) in [6.07, 6.45) is -0.166.